The molecule has 1 aliphatic rings. The van der Waals surface area contributed by atoms with Crippen LogP contribution in [0.2, 0.25) is 0 Å². The van der Waals surface area contributed by atoms with E-state index < -0.39 is 46.5 Å². The summed E-state index contributed by atoms with van der Waals surface area (Å²) in [5.41, 5.74) is -1.19. The highest BCUT2D eigenvalue weighted by Crippen LogP contribution is 2.36. The summed E-state index contributed by atoms with van der Waals surface area (Å²) in [5, 5.41) is 0. The number of rotatable bonds is 6. The maximum absolute atomic E-state index is 12.0. The molecule has 0 bridgehead atoms. The zero-order chi connectivity index (χ0) is 18.6. The van der Waals surface area contributed by atoms with Crippen LogP contribution in [0.5, 0.6) is 0 Å². The average molecular weight is 419 g/mol. The van der Waals surface area contributed by atoms with Crippen LogP contribution in [0.15, 0.2) is 21.9 Å². The molecule has 9 nitrogen and oxygen atoms in total. The fourth-order valence-corrected chi connectivity index (χ4v) is 3.16. The molecule has 0 saturated carbocycles. The Kier molecular flexibility index (Phi) is 6.54. The number of halogens is 1. The van der Waals surface area contributed by atoms with Crippen molar-refractivity contribution in [2.24, 2.45) is 0 Å². The van der Waals surface area contributed by atoms with E-state index in [2.05, 4.69) is 20.9 Å². The van der Waals surface area contributed by atoms with Gasteiger partial charge < -0.3 is 14.2 Å². The van der Waals surface area contributed by atoms with Crippen molar-refractivity contribution >= 4 is 27.9 Å². The zero-order valence-corrected chi connectivity index (χ0v) is 15.4. The fraction of sp³-hybridized carbons (Fsp3) is 0.600. The van der Waals surface area contributed by atoms with Crippen LogP contribution < -0.4 is 11.2 Å². The van der Waals surface area contributed by atoms with Crippen molar-refractivity contribution in [1.82, 2.24) is 9.55 Å². The topological polar surface area (TPSA) is 117 Å². The molecule has 0 radical (unpaired) electrons. The van der Waals surface area contributed by atoms with Gasteiger partial charge in [-0.05, 0) is 0 Å². The molecular formula is C15H19BrN2O7. The minimum Gasteiger partial charge on any atom is -0.463 e. The number of aromatic nitrogens is 2. The molecule has 1 aliphatic heterocycles. The standard InChI is InChI=1S/C15H19BrN2O7/c1-3-10(20)23-7-8-13(25-11(21)4-2)12(16)14(24-8)18-6-5-9(19)17-15(18)22/h5-6,8,12-14H,3-4,7H2,1-2H3,(H,17,19,22)/t8-,12-,13-,14+/m0/s1. The second-order valence-corrected chi connectivity index (χ2v) is 6.43. The van der Waals surface area contributed by atoms with E-state index in [1.807, 2.05) is 0 Å². The van der Waals surface area contributed by atoms with Gasteiger partial charge in [-0.2, -0.15) is 0 Å². The van der Waals surface area contributed by atoms with E-state index >= 15 is 0 Å². The molecule has 1 aromatic heterocycles. The summed E-state index contributed by atoms with van der Waals surface area (Å²) >= 11 is 3.39. The zero-order valence-electron chi connectivity index (χ0n) is 13.8. The number of alkyl halides is 1. The molecule has 0 aliphatic carbocycles. The van der Waals surface area contributed by atoms with Gasteiger partial charge in [-0.3, -0.25) is 23.9 Å². The van der Waals surface area contributed by atoms with Crippen LogP contribution in [0, 0.1) is 0 Å². The Hall–Kier alpha value is -1.94. The molecule has 2 heterocycles. The van der Waals surface area contributed by atoms with Gasteiger partial charge in [-0.25, -0.2) is 4.79 Å². The van der Waals surface area contributed by atoms with Crippen molar-refractivity contribution in [1.29, 1.82) is 0 Å². The van der Waals surface area contributed by atoms with Gasteiger partial charge in [0.25, 0.3) is 5.56 Å². The molecule has 1 fully saturated rings. The Labute approximate surface area is 151 Å². The molecule has 1 saturated heterocycles. The number of nitrogens with one attached hydrogen (secondary N) is 1. The number of ether oxygens (including phenoxy) is 3. The van der Waals surface area contributed by atoms with Crippen molar-refractivity contribution in [2.45, 2.75) is 50.0 Å². The van der Waals surface area contributed by atoms with E-state index in [1.54, 1.807) is 13.8 Å². The lowest BCUT2D eigenvalue weighted by atomic mass is 10.2. The van der Waals surface area contributed by atoms with Gasteiger partial charge in [-0.15, -0.1) is 0 Å². The molecule has 10 heteroatoms. The van der Waals surface area contributed by atoms with Gasteiger partial charge >= 0.3 is 17.6 Å². The van der Waals surface area contributed by atoms with Crippen molar-refractivity contribution < 1.29 is 23.8 Å². The van der Waals surface area contributed by atoms with Gasteiger partial charge in [-0.1, -0.05) is 29.8 Å². The van der Waals surface area contributed by atoms with Crippen molar-refractivity contribution in [2.75, 3.05) is 6.61 Å². The molecule has 0 aromatic carbocycles. The predicted molar refractivity (Wildman–Crippen MR) is 89.4 cm³/mol. The van der Waals surface area contributed by atoms with Gasteiger partial charge in [0.1, 0.15) is 18.8 Å². The number of nitrogens with zero attached hydrogens (tertiary/aromatic N) is 1. The molecule has 0 amide bonds. The van der Waals surface area contributed by atoms with Crippen LogP contribution in [0.1, 0.15) is 32.9 Å². The fourth-order valence-electron chi connectivity index (χ4n) is 2.33. The molecule has 1 N–H and O–H groups in total. The van der Waals surface area contributed by atoms with Crippen molar-refractivity contribution in [3.63, 3.8) is 0 Å². The first kappa shape index (κ1) is 19.4. The molecular weight excluding hydrogens is 400 g/mol. The van der Waals surface area contributed by atoms with Gasteiger partial charge in [0.15, 0.2) is 6.23 Å². The first-order chi connectivity index (χ1) is 11.9. The summed E-state index contributed by atoms with van der Waals surface area (Å²) in [6, 6.07) is 1.18. The van der Waals surface area contributed by atoms with E-state index in [1.165, 1.54) is 16.8 Å². The number of carbonyl (C=O) groups excluding carboxylic acids is 2. The third-order valence-corrected chi connectivity index (χ3v) is 4.62. The maximum atomic E-state index is 12.0. The Bertz CT molecular complexity index is 744. The smallest absolute Gasteiger partial charge is 0.330 e. The molecule has 0 unspecified atom stereocenters. The number of esters is 2. The molecule has 1 aromatic rings. The van der Waals surface area contributed by atoms with Crippen LogP contribution >= 0.6 is 15.9 Å². The Morgan fingerprint density at radius 3 is 2.56 bits per heavy atom. The minimum absolute atomic E-state index is 0.120. The Morgan fingerprint density at radius 1 is 1.28 bits per heavy atom. The molecule has 4 atom stereocenters. The summed E-state index contributed by atoms with van der Waals surface area (Å²) < 4.78 is 17.4. The van der Waals surface area contributed by atoms with Crippen LogP contribution in [0.3, 0.4) is 0 Å². The van der Waals surface area contributed by atoms with Crippen molar-refractivity contribution in [3.05, 3.63) is 33.1 Å². The summed E-state index contributed by atoms with van der Waals surface area (Å²) in [4.78, 5) is 47.8. The van der Waals surface area contributed by atoms with Gasteiger partial charge in [0, 0.05) is 25.1 Å². The summed E-state index contributed by atoms with van der Waals surface area (Å²) in [5.74, 6) is -0.862. The molecule has 138 valence electrons. The normalized spacial score (nSPS) is 25.6. The van der Waals surface area contributed by atoms with E-state index in [4.69, 9.17) is 14.2 Å². The number of aromatic amines is 1. The average Bonchev–Trinajstić information content (AvgIpc) is 2.88. The monoisotopic (exact) mass is 418 g/mol. The molecule has 0 spiro atoms. The summed E-state index contributed by atoms with van der Waals surface area (Å²) in [6.45, 7) is 3.19. The first-order valence-electron chi connectivity index (χ1n) is 7.83. The predicted octanol–water partition coefficient (Wildman–Crippen LogP) is 0.472. The lowest BCUT2D eigenvalue weighted by molar-refractivity contribution is -0.157. The highest BCUT2D eigenvalue weighted by Gasteiger charge is 2.47. The quantitative estimate of drug-likeness (QED) is 0.526. The second kappa shape index (κ2) is 8.43. The first-order valence-corrected chi connectivity index (χ1v) is 8.75. The molecule has 2 rings (SSSR count). The number of H-pyrrole nitrogens is 1. The van der Waals surface area contributed by atoms with E-state index in [0.29, 0.717) is 0 Å². The number of carbonyl (C=O) groups is 2. The van der Waals surface area contributed by atoms with E-state index in [0.717, 1.165) is 0 Å². The van der Waals surface area contributed by atoms with Crippen LogP contribution in [-0.4, -0.2) is 45.1 Å². The lowest BCUT2D eigenvalue weighted by Crippen LogP contribution is -2.37. The highest BCUT2D eigenvalue weighted by molar-refractivity contribution is 9.09. The van der Waals surface area contributed by atoms with Gasteiger partial charge in [0.05, 0.1) is 4.83 Å². The Morgan fingerprint density at radius 2 is 1.96 bits per heavy atom. The lowest BCUT2D eigenvalue weighted by Gasteiger charge is -2.20. The van der Waals surface area contributed by atoms with Crippen molar-refractivity contribution in [3.8, 4) is 0 Å². The third-order valence-electron chi connectivity index (χ3n) is 3.65. The largest absolute Gasteiger partial charge is 0.463 e. The highest BCUT2D eigenvalue weighted by atomic mass is 79.9. The number of hydrogen-bond donors (Lipinski definition) is 1. The minimum atomic E-state index is -0.843. The Balaban J connectivity index is 2.25. The second-order valence-electron chi connectivity index (χ2n) is 5.37. The maximum Gasteiger partial charge on any atom is 0.330 e. The number of hydrogen-bond acceptors (Lipinski definition) is 7. The third kappa shape index (κ3) is 4.57. The van der Waals surface area contributed by atoms with Crippen LogP contribution in [0.4, 0.5) is 0 Å². The van der Waals surface area contributed by atoms with Gasteiger partial charge in [0.2, 0.25) is 0 Å². The summed E-state index contributed by atoms with van der Waals surface area (Å²) in [6.07, 6.45) is -0.697. The van der Waals surface area contributed by atoms with E-state index in [-0.39, 0.29) is 19.4 Å². The SMILES string of the molecule is CCC(=O)OC[C@@H]1O[C@@H](n2ccc(=O)[nH]c2=O)[C@@H](Br)[C@H]1OC(=O)CC. The van der Waals surface area contributed by atoms with Crippen LogP contribution in [0.25, 0.3) is 0 Å². The van der Waals surface area contributed by atoms with Crippen LogP contribution in [-0.2, 0) is 23.8 Å². The van der Waals surface area contributed by atoms with E-state index in [9.17, 15) is 19.2 Å². The molecule has 25 heavy (non-hydrogen) atoms. The summed E-state index contributed by atoms with van der Waals surface area (Å²) in [7, 11) is 0.